The largest absolute Gasteiger partial charge is 0.473 e. The molecule has 0 aromatic heterocycles. The number of hydrogen-bond acceptors (Lipinski definition) is 2. The SMILES string of the molecule is Cc1ccc(C)c(OCNC(=O)Nc2cccc(Cl)c2C)c1C. The Labute approximate surface area is 141 Å². The zero-order valence-corrected chi connectivity index (χ0v) is 14.5. The van der Waals surface area contributed by atoms with Crippen LogP contribution in [0.1, 0.15) is 22.3 Å². The summed E-state index contributed by atoms with van der Waals surface area (Å²) < 4.78 is 5.71. The molecule has 0 bridgehead atoms. The number of aryl methyl sites for hydroxylation is 2. The number of halogens is 1. The van der Waals surface area contributed by atoms with Gasteiger partial charge in [0.2, 0.25) is 0 Å². The lowest BCUT2D eigenvalue weighted by Crippen LogP contribution is -2.32. The summed E-state index contributed by atoms with van der Waals surface area (Å²) in [5.41, 5.74) is 4.79. The zero-order valence-electron chi connectivity index (χ0n) is 13.8. The number of benzene rings is 2. The van der Waals surface area contributed by atoms with Crippen LogP contribution in [0.4, 0.5) is 10.5 Å². The van der Waals surface area contributed by atoms with Gasteiger partial charge >= 0.3 is 6.03 Å². The maximum atomic E-state index is 12.0. The van der Waals surface area contributed by atoms with Crippen molar-refractivity contribution in [2.45, 2.75) is 27.7 Å². The standard InChI is InChI=1S/C18H21ClN2O2/c1-11-8-9-12(2)17(13(11)3)23-10-20-18(22)21-16-7-5-6-15(19)14(16)4/h5-9H,10H2,1-4H3,(H2,20,21,22). The molecule has 0 aliphatic rings. The van der Waals surface area contributed by atoms with Gasteiger partial charge in [0, 0.05) is 10.7 Å². The highest BCUT2D eigenvalue weighted by Crippen LogP contribution is 2.25. The molecule has 2 aromatic carbocycles. The first-order chi connectivity index (χ1) is 10.9. The van der Waals surface area contributed by atoms with Gasteiger partial charge in [-0.15, -0.1) is 0 Å². The van der Waals surface area contributed by atoms with Gasteiger partial charge < -0.3 is 15.4 Å². The van der Waals surface area contributed by atoms with E-state index < -0.39 is 0 Å². The van der Waals surface area contributed by atoms with E-state index >= 15 is 0 Å². The number of carbonyl (C=O) groups is 1. The number of rotatable bonds is 4. The van der Waals surface area contributed by atoms with Crippen LogP contribution >= 0.6 is 11.6 Å². The van der Waals surface area contributed by atoms with Gasteiger partial charge in [-0.3, -0.25) is 0 Å². The summed E-state index contributed by atoms with van der Waals surface area (Å²) in [5.74, 6) is 0.809. The average Bonchev–Trinajstić information content (AvgIpc) is 2.51. The van der Waals surface area contributed by atoms with E-state index in [9.17, 15) is 4.79 Å². The van der Waals surface area contributed by atoms with Crippen molar-refractivity contribution in [3.8, 4) is 5.75 Å². The summed E-state index contributed by atoms with van der Waals surface area (Å²) in [4.78, 5) is 12.0. The summed E-state index contributed by atoms with van der Waals surface area (Å²) in [6, 6.07) is 9.11. The molecule has 0 aliphatic heterocycles. The van der Waals surface area contributed by atoms with Crippen molar-refractivity contribution in [1.29, 1.82) is 0 Å². The van der Waals surface area contributed by atoms with Crippen LogP contribution in [0, 0.1) is 27.7 Å². The van der Waals surface area contributed by atoms with E-state index in [1.807, 2.05) is 33.8 Å². The third-order valence-electron chi connectivity index (χ3n) is 3.84. The Balaban J connectivity index is 1.93. The molecule has 0 saturated carbocycles. The molecule has 5 heteroatoms. The van der Waals surface area contributed by atoms with E-state index in [-0.39, 0.29) is 12.8 Å². The van der Waals surface area contributed by atoms with Crippen LogP contribution in [0.15, 0.2) is 30.3 Å². The Morgan fingerprint density at radius 3 is 2.48 bits per heavy atom. The second-order valence-electron chi connectivity index (χ2n) is 5.49. The lowest BCUT2D eigenvalue weighted by Gasteiger charge is -2.15. The number of ether oxygens (including phenoxy) is 1. The molecule has 0 unspecified atom stereocenters. The van der Waals surface area contributed by atoms with E-state index in [2.05, 4.69) is 16.7 Å². The Bertz CT molecular complexity index is 729. The van der Waals surface area contributed by atoms with Gasteiger partial charge in [-0.2, -0.15) is 0 Å². The maximum absolute atomic E-state index is 12.0. The molecule has 2 aromatic rings. The van der Waals surface area contributed by atoms with Gasteiger partial charge in [0.1, 0.15) is 5.75 Å². The van der Waals surface area contributed by atoms with Gasteiger partial charge in [-0.1, -0.05) is 29.8 Å². The number of amides is 2. The molecule has 0 atom stereocenters. The normalized spacial score (nSPS) is 10.3. The van der Waals surface area contributed by atoms with E-state index in [0.717, 1.165) is 28.0 Å². The Kier molecular flexibility index (Phi) is 5.50. The van der Waals surface area contributed by atoms with Crippen LogP contribution in [0.2, 0.25) is 5.02 Å². The molecule has 2 rings (SSSR count). The minimum Gasteiger partial charge on any atom is -0.473 e. The van der Waals surface area contributed by atoms with Crippen LogP contribution in [-0.2, 0) is 0 Å². The minimum absolute atomic E-state index is 0.0938. The minimum atomic E-state index is -0.335. The Morgan fingerprint density at radius 1 is 1.04 bits per heavy atom. The molecule has 2 amide bonds. The first-order valence-corrected chi connectivity index (χ1v) is 7.77. The van der Waals surface area contributed by atoms with Crippen molar-refractivity contribution in [3.63, 3.8) is 0 Å². The number of nitrogens with one attached hydrogen (secondary N) is 2. The first kappa shape index (κ1) is 17.2. The third-order valence-corrected chi connectivity index (χ3v) is 4.25. The average molecular weight is 333 g/mol. The highest BCUT2D eigenvalue weighted by Gasteiger charge is 2.08. The molecule has 0 saturated heterocycles. The van der Waals surface area contributed by atoms with E-state index in [4.69, 9.17) is 16.3 Å². The molecule has 0 heterocycles. The van der Waals surface area contributed by atoms with Gasteiger partial charge in [0.25, 0.3) is 0 Å². The second-order valence-corrected chi connectivity index (χ2v) is 5.89. The predicted molar refractivity (Wildman–Crippen MR) is 94.5 cm³/mol. The number of hydrogen-bond donors (Lipinski definition) is 2. The molecule has 23 heavy (non-hydrogen) atoms. The summed E-state index contributed by atoms with van der Waals surface area (Å²) in [6.07, 6.45) is 0. The van der Waals surface area contributed by atoms with Gasteiger partial charge in [0.05, 0.1) is 0 Å². The molecule has 2 N–H and O–H groups in total. The molecule has 0 radical (unpaired) electrons. The number of carbonyl (C=O) groups excluding carboxylic acids is 1. The van der Waals surface area contributed by atoms with Crippen LogP contribution in [0.3, 0.4) is 0 Å². The van der Waals surface area contributed by atoms with Gasteiger partial charge in [-0.25, -0.2) is 4.79 Å². The molecule has 0 aliphatic carbocycles. The molecule has 4 nitrogen and oxygen atoms in total. The number of urea groups is 1. The molecule has 0 spiro atoms. The van der Waals surface area contributed by atoms with Crippen molar-refractivity contribution in [2.24, 2.45) is 0 Å². The topological polar surface area (TPSA) is 50.4 Å². The fraction of sp³-hybridized carbons (Fsp3) is 0.278. The zero-order chi connectivity index (χ0) is 17.0. The number of anilines is 1. The summed E-state index contributed by atoms with van der Waals surface area (Å²) in [5, 5.41) is 6.06. The van der Waals surface area contributed by atoms with Crippen LogP contribution < -0.4 is 15.4 Å². The van der Waals surface area contributed by atoms with E-state index in [1.54, 1.807) is 18.2 Å². The summed E-state index contributed by atoms with van der Waals surface area (Å²) in [7, 11) is 0. The molecular formula is C18H21ClN2O2. The lowest BCUT2D eigenvalue weighted by atomic mass is 10.1. The predicted octanol–water partition coefficient (Wildman–Crippen LogP) is 4.73. The monoisotopic (exact) mass is 332 g/mol. The van der Waals surface area contributed by atoms with E-state index in [1.165, 1.54) is 0 Å². The van der Waals surface area contributed by atoms with Crippen LogP contribution in [0.5, 0.6) is 5.75 Å². The quantitative estimate of drug-likeness (QED) is 0.795. The van der Waals surface area contributed by atoms with Gasteiger partial charge in [-0.05, 0) is 62.1 Å². The van der Waals surface area contributed by atoms with Crippen LogP contribution in [0.25, 0.3) is 0 Å². The molecule has 122 valence electrons. The summed E-state index contributed by atoms with van der Waals surface area (Å²) >= 11 is 6.03. The fourth-order valence-electron chi connectivity index (χ4n) is 2.23. The highest BCUT2D eigenvalue weighted by atomic mass is 35.5. The second kappa shape index (κ2) is 7.38. The van der Waals surface area contributed by atoms with Crippen molar-refractivity contribution >= 4 is 23.3 Å². The van der Waals surface area contributed by atoms with Crippen molar-refractivity contribution < 1.29 is 9.53 Å². The van der Waals surface area contributed by atoms with Gasteiger partial charge in [0.15, 0.2) is 6.73 Å². The maximum Gasteiger partial charge on any atom is 0.321 e. The van der Waals surface area contributed by atoms with Crippen molar-refractivity contribution in [3.05, 3.63) is 57.6 Å². The smallest absolute Gasteiger partial charge is 0.321 e. The Morgan fingerprint density at radius 2 is 1.74 bits per heavy atom. The molecule has 0 fully saturated rings. The third kappa shape index (κ3) is 4.17. The van der Waals surface area contributed by atoms with E-state index in [0.29, 0.717) is 10.7 Å². The summed E-state index contributed by atoms with van der Waals surface area (Å²) in [6.45, 7) is 7.97. The fourth-order valence-corrected chi connectivity index (χ4v) is 2.41. The van der Waals surface area contributed by atoms with Crippen molar-refractivity contribution in [1.82, 2.24) is 5.32 Å². The molecular weight excluding hydrogens is 312 g/mol. The highest BCUT2D eigenvalue weighted by molar-refractivity contribution is 6.31. The van der Waals surface area contributed by atoms with Crippen molar-refractivity contribution in [2.75, 3.05) is 12.0 Å². The Hall–Kier alpha value is -2.20. The van der Waals surface area contributed by atoms with Crippen LogP contribution in [-0.4, -0.2) is 12.8 Å². The lowest BCUT2D eigenvalue weighted by molar-refractivity contribution is 0.234. The first-order valence-electron chi connectivity index (χ1n) is 7.39.